The van der Waals surface area contributed by atoms with Crippen molar-refractivity contribution in [2.45, 2.75) is 25.7 Å². The van der Waals surface area contributed by atoms with Gasteiger partial charge in [-0.15, -0.1) is 24.8 Å². The number of alkyl halides is 3. The molecule has 1 fully saturated rings. The van der Waals surface area contributed by atoms with Gasteiger partial charge in [-0.3, -0.25) is 4.90 Å². The van der Waals surface area contributed by atoms with E-state index in [2.05, 4.69) is 16.8 Å². The second kappa shape index (κ2) is 8.91. The lowest BCUT2D eigenvalue weighted by Crippen LogP contribution is -2.49. The van der Waals surface area contributed by atoms with Crippen molar-refractivity contribution >= 4 is 46.6 Å². The first kappa shape index (κ1) is 22.8. The molecule has 2 heterocycles. The fraction of sp³-hybridized carbons (Fsp3) is 0.400. The van der Waals surface area contributed by atoms with Gasteiger partial charge < -0.3 is 9.88 Å². The molecule has 1 atom stereocenters. The van der Waals surface area contributed by atoms with E-state index in [0.29, 0.717) is 31.7 Å². The molecule has 0 radical (unpaired) electrons. The Balaban J connectivity index is 0.00000140. The summed E-state index contributed by atoms with van der Waals surface area (Å²) in [7, 11) is 0. The summed E-state index contributed by atoms with van der Waals surface area (Å²) >= 11 is 0. The molecule has 0 saturated carbocycles. The summed E-state index contributed by atoms with van der Waals surface area (Å²) in [5.74, 6) is 0. The van der Waals surface area contributed by atoms with Crippen molar-refractivity contribution in [3.63, 3.8) is 0 Å². The molecule has 1 N–H and O–H groups in total. The van der Waals surface area contributed by atoms with Gasteiger partial charge >= 0.3 is 6.18 Å². The molecule has 28 heavy (non-hydrogen) atoms. The third-order valence-electron chi connectivity index (χ3n) is 5.26. The maximum absolute atomic E-state index is 13.9. The van der Waals surface area contributed by atoms with Crippen molar-refractivity contribution in [1.82, 2.24) is 14.8 Å². The molecular formula is C20H24Cl2F3N3. The quantitative estimate of drug-likeness (QED) is 0.614. The molecule has 8 heteroatoms. The molecule has 0 unspecified atom stereocenters. The highest BCUT2D eigenvalue weighted by atomic mass is 35.5. The molecule has 1 aromatic heterocycles. The standard InChI is InChI=1S/C20H22F3N3.2ClH/c1-2-26-17-6-4-3-5-15(17)16-13-14(7-8-18(16)26)19(20(21,22)23)25-11-9-24-10-12-25;;/h3-8,13,19,24H,2,9-12H2,1H3;2*1H/t19-;;/m0../s1. The van der Waals surface area contributed by atoms with Crippen LogP contribution in [0.5, 0.6) is 0 Å². The van der Waals surface area contributed by atoms with Gasteiger partial charge in [-0.2, -0.15) is 13.2 Å². The van der Waals surface area contributed by atoms with E-state index < -0.39 is 12.2 Å². The minimum atomic E-state index is -4.30. The average molecular weight is 434 g/mol. The number of aryl methyl sites for hydroxylation is 1. The Kier molecular flexibility index (Phi) is 7.26. The molecule has 0 aliphatic carbocycles. The predicted molar refractivity (Wildman–Crippen MR) is 113 cm³/mol. The Bertz CT molecular complexity index is 933. The molecule has 1 saturated heterocycles. The van der Waals surface area contributed by atoms with Crippen LogP contribution in [0.2, 0.25) is 0 Å². The Morgan fingerprint density at radius 3 is 2.25 bits per heavy atom. The number of rotatable bonds is 3. The molecule has 1 aliphatic heterocycles. The number of fused-ring (bicyclic) bond motifs is 3. The van der Waals surface area contributed by atoms with Gasteiger partial charge in [0.05, 0.1) is 0 Å². The van der Waals surface area contributed by atoms with Crippen molar-refractivity contribution in [1.29, 1.82) is 0 Å². The monoisotopic (exact) mass is 433 g/mol. The highest BCUT2D eigenvalue weighted by Crippen LogP contribution is 2.40. The zero-order valence-electron chi connectivity index (χ0n) is 15.5. The first-order valence-electron chi connectivity index (χ1n) is 9.03. The van der Waals surface area contributed by atoms with Crippen LogP contribution in [0.1, 0.15) is 18.5 Å². The highest BCUT2D eigenvalue weighted by molar-refractivity contribution is 6.08. The first-order chi connectivity index (χ1) is 12.5. The topological polar surface area (TPSA) is 20.2 Å². The molecule has 0 bridgehead atoms. The minimum absolute atomic E-state index is 0. The number of nitrogens with zero attached hydrogens (tertiary/aromatic N) is 2. The normalized spacial score (nSPS) is 16.6. The lowest BCUT2D eigenvalue weighted by atomic mass is 10.0. The van der Waals surface area contributed by atoms with E-state index in [-0.39, 0.29) is 24.8 Å². The Labute approximate surface area is 174 Å². The lowest BCUT2D eigenvalue weighted by molar-refractivity contribution is -0.187. The number of hydrogen-bond donors (Lipinski definition) is 1. The zero-order chi connectivity index (χ0) is 18.3. The van der Waals surface area contributed by atoms with Gasteiger partial charge in [-0.05, 0) is 30.7 Å². The molecule has 4 rings (SSSR count). The summed E-state index contributed by atoms with van der Waals surface area (Å²) < 4.78 is 43.9. The van der Waals surface area contributed by atoms with Crippen LogP contribution in [0.4, 0.5) is 13.2 Å². The number of nitrogens with one attached hydrogen (secondary N) is 1. The van der Waals surface area contributed by atoms with Crippen LogP contribution < -0.4 is 5.32 Å². The van der Waals surface area contributed by atoms with Crippen molar-refractivity contribution < 1.29 is 13.2 Å². The highest BCUT2D eigenvalue weighted by Gasteiger charge is 2.45. The average Bonchev–Trinajstić information content (AvgIpc) is 2.95. The van der Waals surface area contributed by atoms with Crippen LogP contribution in [0.25, 0.3) is 21.8 Å². The fourth-order valence-electron chi connectivity index (χ4n) is 4.13. The minimum Gasteiger partial charge on any atom is -0.341 e. The summed E-state index contributed by atoms with van der Waals surface area (Å²) in [4.78, 5) is 1.54. The molecule has 0 amide bonds. The van der Waals surface area contributed by atoms with Crippen LogP contribution in [-0.4, -0.2) is 41.8 Å². The maximum Gasteiger partial charge on any atom is 0.408 e. The van der Waals surface area contributed by atoms with Gasteiger partial charge in [-0.25, -0.2) is 0 Å². The van der Waals surface area contributed by atoms with Crippen LogP contribution in [0.15, 0.2) is 42.5 Å². The molecular weight excluding hydrogens is 410 g/mol. The van der Waals surface area contributed by atoms with E-state index in [9.17, 15) is 13.2 Å². The predicted octanol–water partition coefficient (Wildman–Crippen LogP) is 5.17. The van der Waals surface area contributed by atoms with Gasteiger partial charge in [0.2, 0.25) is 0 Å². The van der Waals surface area contributed by atoms with Gasteiger partial charge in [0.15, 0.2) is 0 Å². The Morgan fingerprint density at radius 1 is 0.964 bits per heavy atom. The third-order valence-corrected chi connectivity index (χ3v) is 5.26. The molecule has 0 spiro atoms. The third kappa shape index (κ3) is 3.96. The number of para-hydroxylation sites is 1. The van der Waals surface area contributed by atoms with Crippen LogP contribution >= 0.6 is 24.8 Å². The summed E-state index contributed by atoms with van der Waals surface area (Å²) in [6.07, 6.45) is -4.30. The number of piperazine rings is 1. The molecule has 3 nitrogen and oxygen atoms in total. The number of halogens is 5. The molecule has 1 aliphatic rings. The van der Waals surface area contributed by atoms with E-state index in [1.165, 1.54) is 4.90 Å². The summed E-state index contributed by atoms with van der Waals surface area (Å²) in [6, 6.07) is 11.6. The number of hydrogen-bond acceptors (Lipinski definition) is 2. The zero-order valence-corrected chi connectivity index (χ0v) is 17.1. The largest absolute Gasteiger partial charge is 0.408 e. The van der Waals surface area contributed by atoms with E-state index in [1.807, 2.05) is 30.3 Å². The van der Waals surface area contributed by atoms with Gasteiger partial charge in [-0.1, -0.05) is 24.3 Å². The van der Waals surface area contributed by atoms with E-state index >= 15 is 0 Å². The van der Waals surface area contributed by atoms with Gasteiger partial charge in [0.25, 0.3) is 0 Å². The maximum atomic E-state index is 13.9. The second-order valence-electron chi connectivity index (χ2n) is 6.77. The number of aromatic nitrogens is 1. The van der Waals surface area contributed by atoms with Crippen molar-refractivity contribution in [3.05, 3.63) is 48.0 Å². The Morgan fingerprint density at radius 2 is 1.61 bits per heavy atom. The van der Waals surface area contributed by atoms with Crippen molar-refractivity contribution in [2.24, 2.45) is 0 Å². The summed E-state index contributed by atoms with van der Waals surface area (Å²) in [5, 5.41) is 5.02. The number of benzene rings is 2. The second-order valence-corrected chi connectivity index (χ2v) is 6.77. The van der Waals surface area contributed by atoms with Gasteiger partial charge in [0.1, 0.15) is 6.04 Å². The summed E-state index contributed by atoms with van der Waals surface area (Å²) in [5.41, 5.74) is 2.37. The van der Waals surface area contributed by atoms with E-state index in [1.54, 1.807) is 12.1 Å². The van der Waals surface area contributed by atoms with Gasteiger partial charge in [0, 0.05) is 54.5 Å². The van der Waals surface area contributed by atoms with E-state index in [0.717, 1.165) is 28.4 Å². The summed E-state index contributed by atoms with van der Waals surface area (Å²) in [6.45, 7) is 4.81. The smallest absolute Gasteiger partial charge is 0.341 e. The van der Waals surface area contributed by atoms with Crippen LogP contribution in [0, 0.1) is 0 Å². The van der Waals surface area contributed by atoms with Crippen molar-refractivity contribution in [2.75, 3.05) is 26.2 Å². The van der Waals surface area contributed by atoms with E-state index in [4.69, 9.17) is 0 Å². The molecule has 2 aromatic carbocycles. The first-order valence-corrected chi connectivity index (χ1v) is 9.03. The Hall–Kier alpha value is -1.47. The molecule has 154 valence electrons. The van der Waals surface area contributed by atoms with Crippen molar-refractivity contribution in [3.8, 4) is 0 Å². The fourth-order valence-corrected chi connectivity index (χ4v) is 4.13. The van der Waals surface area contributed by atoms with Crippen LogP contribution in [-0.2, 0) is 6.54 Å². The SMILES string of the molecule is CCn1c2ccccc2c2cc([C@H](N3CCNCC3)C(F)(F)F)ccc21.Cl.Cl. The molecule has 3 aromatic rings. The lowest BCUT2D eigenvalue weighted by Gasteiger charge is -2.36. The van der Waals surface area contributed by atoms with Crippen LogP contribution in [0.3, 0.4) is 0 Å².